The highest BCUT2D eigenvalue weighted by molar-refractivity contribution is 5.72. The number of rotatable bonds is 6. The largest absolute Gasteiger partial charge is 0.469 e. The molecule has 2 atom stereocenters. The topological polar surface area (TPSA) is 65.1 Å². The highest BCUT2D eigenvalue weighted by atomic mass is 16.6. The van der Waals surface area contributed by atoms with Gasteiger partial charge < -0.3 is 19.1 Å². The molecule has 0 aromatic carbocycles. The fourth-order valence-electron chi connectivity index (χ4n) is 2.33. The van der Waals surface area contributed by atoms with Crippen LogP contribution in [-0.4, -0.2) is 56.0 Å². The van der Waals surface area contributed by atoms with Crippen molar-refractivity contribution in [3.63, 3.8) is 0 Å². The molecular weight excluding hydrogens is 274 g/mol. The first-order chi connectivity index (χ1) is 9.78. The molecule has 0 radical (unpaired) electrons. The number of carbonyl (C=O) groups excluding carboxylic acids is 2. The summed E-state index contributed by atoms with van der Waals surface area (Å²) in [5.74, 6) is -0.541. The minimum atomic E-state index is -0.484. The molecule has 1 aliphatic heterocycles. The summed E-state index contributed by atoms with van der Waals surface area (Å²) in [5, 5.41) is 0. The van der Waals surface area contributed by atoms with Gasteiger partial charge in [0.25, 0.3) is 0 Å². The zero-order valence-corrected chi connectivity index (χ0v) is 13.7. The Balaban J connectivity index is 2.44. The van der Waals surface area contributed by atoms with Crippen LogP contribution in [0.5, 0.6) is 0 Å². The number of carbonyl (C=O) groups is 2. The Morgan fingerprint density at radius 1 is 1.29 bits per heavy atom. The summed E-state index contributed by atoms with van der Waals surface area (Å²) in [6.45, 7) is 6.61. The van der Waals surface area contributed by atoms with Crippen LogP contribution in [0.4, 0.5) is 4.79 Å². The molecule has 0 aromatic heterocycles. The van der Waals surface area contributed by atoms with Crippen LogP contribution in [0, 0.1) is 5.92 Å². The van der Waals surface area contributed by atoms with Crippen LogP contribution in [0.15, 0.2) is 0 Å². The Kier molecular flexibility index (Phi) is 6.45. The zero-order chi connectivity index (χ0) is 16.0. The molecular formula is C15H27NO5. The highest BCUT2D eigenvalue weighted by Crippen LogP contribution is 2.26. The van der Waals surface area contributed by atoms with Crippen LogP contribution in [0.3, 0.4) is 0 Å². The second-order valence-electron chi connectivity index (χ2n) is 6.37. The molecule has 1 fully saturated rings. The van der Waals surface area contributed by atoms with E-state index in [9.17, 15) is 9.59 Å². The molecule has 2 unspecified atom stereocenters. The molecule has 1 heterocycles. The molecule has 1 amide bonds. The average Bonchev–Trinajstić information content (AvgIpc) is 2.33. The first kappa shape index (κ1) is 17.8. The van der Waals surface area contributed by atoms with E-state index < -0.39 is 5.60 Å². The quantitative estimate of drug-likeness (QED) is 0.704. The normalized spacial score (nSPS) is 19.7. The number of nitrogens with zero attached hydrogens (tertiary/aromatic N) is 1. The van der Waals surface area contributed by atoms with Gasteiger partial charge in [-0.25, -0.2) is 4.79 Å². The van der Waals surface area contributed by atoms with Gasteiger partial charge in [0.2, 0.25) is 0 Å². The maximum absolute atomic E-state index is 12.0. The minimum absolute atomic E-state index is 0.142. The van der Waals surface area contributed by atoms with Gasteiger partial charge >= 0.3 is 12.1 Å². The average molecular weight is 301 g/mol. The van der Waals surface area contributed by atoms with Gasteiger partial charge in [0, 0.05) is 19.7 Å². The van der Waals surface area contributed by atoms with E-state index in [0.717, 1.165) is 12.8 Å². The lowest BCUT2D eigenvalue weighted by atomic mass is 9.93. The van der Waals surface area contributed by atoms with Crippen molar-refractivity contribution in [1.82, 2.24) is 4.90 Å². The maximum Gasteiger partial charge on any atom is 0.410 e. The summed E-state index contributed by atoms with van der Waals surface area (Å²) in [6.07, 6.45) is 2.06. The molecule has 1 aliphatic rings. The summed E-state index contributed by atoms with van der Waals surface area (Å²) in [4.78, 5) is 25.3. The minimum Gasteiger partial charge on any atom is -0.469 e. The van der Waals surface area contributed by atoms with E-state index in [1.165, 1.54) is 7.11 Å². The third-order valence-electron chi connectivity index (χ3n) is 3.52. The molecule has 1 rings (SSSR count). The van der Waals surface area contributed by atoms with E-state index in [2.05, 4.69) is 0 Å². The number of hydrogen-bond donors (Lipinski definition) is 0. The summed E-state index contributed by atoms with van der Waals surface area (Å²) in [7, 11) is 2.94. The lowest BCUT2D eigenvalue weighted by molar-refractivity contribution is -0.147. The Hall–Kier alpha value is -1.30. The summed E-state index contributed by atoms with van der Waals surface area (Å²) in [5.41, 5.74) is -0.484. The second-order valence-corrected chi connectivity index (χ2v) is 6.37. The van der Waals surface area contributed by atoms with Crippen LogP contribution in [0.25, 0.3) is 0 Å². The molecule has 0 aromatic rings. The van der Waals surface area contributed by atoms with E-state index >= 15 is 0 Å². The van der Waals surface area contributed by atoms with Crippen molar-refractivity contribution in [1.29, 1.82) is 0 Å². The number of likely N-dealkylation sites (tertiary alicyclic amines) is 1. The first-order valence-electron chi connectivity index (χ1n) is 7.35. The number of ether oxygens (including phenoxy) is 3. The SMILES string of the molecule is COCC(CCC1CCN1C(=O)OC(C)(C)C)C(=O)OC. The van der Waals surface area contributed by atoms with Gasteiger partial charge in [0.1, 0.15) is 5.60 Å². The first-order valence-corrected chi connectivity index (χ1v) is 7.35. The fourth-order valence-corrected chi connectivity index (χ4v) is 2.33. The van der Waals surface area contributed by atoms with E-state index in [-0.39, 0.29) is 24.0 Å². The molecule has 6 heteroatoms. The predicted octanol–water partition coefficient (Wildman–Crippen LogP) is 2.21. The van der Waals surface area contributed by atoms with Crippen molar-refractivity contribution < 1.29 is 23.8 Å². The van der Waals surface area contributed by atoms with Crippen LogP contribution in [-0.2, 0) is 19.0 Å². The summed E-state index contributed by atoms with van der Waals surface area (Å²) < 4.78 is 15.2. The van der Waals surface area contributed by atoms with Crippen molar-refractivity contribution >= 4 is 12.1 Å². The molecule has 21 heavy (non-hydrogen) atoms. The number of esters is 1. The highest BCUT2D eigenvalue weighted by Gasteiger charge is 2.35. The standard InChI is InChI=1S/C15H27NO5/c1-15(2,3)21-14(18)16-9-8-12(16)7-6-11(10-19-4)13(17)20-5/h11-12H,6-10H2,1-5H3. The van der Waals surface area contributed by atoms with Gasteiger partial charge in [-0.1, -0.05) is 0 Å². The van der Waals surface area contributed by atoms with Gasteiger partial charge in [-0.3, -0.25) is 4.79 Å². The Labute approximate surface area is 126 Å². The molecule has 1 saturated heterocycles. The molecule has 0 aliphatic carbocycles. The van der Waals surface area contributed by atoms with Gasteiger partial charge in [-0.05, 0) is 40.0 Å². The number of hydrogen-bond acceptors (Lipinski definition) is 5. The van der Waals surface area contributed by atoms with E-state index in [0.29, 0.717) is 19.6 Å². The fraction of sp³-hybridized carbons (Fsp3) is 0.867. The van der Waals surface area contributed by atoms with E-state index in [1.807, 2.05) is 20.8 Å². The van der Waals surface area contributed by atoms with E-state index in [1.54, 1.807) is 12.0 Å². The zero-order valence-electron chi connectivity index (χ0n) is 13.7. The smallest absolute Gasteiger partial charge is 0.410 e. The van der Waals surface area contributed by atoms with Crippen molar-refractivity contribution in [2.75, 3.05) is 27.4 Å². The molecule has 0 bridgehead atoms. The van der Waals surface area contributed by atoms with Crippen LogP contribution in [0.1, 0.15) is 40.0 Å². The van der Waals surface area contributed by atoms with Gasteiger partial charge in [-0.15, -0.1) is 0 Å². The third kappa shape index (κ3) is 5.53. The Bertz CT molecular complexity index is 364. The monoisotopic (exact) mass is 301 g/mol. The molecule has 6 nitrogen and oxygen atoms in total. The lowest BCUT2D eigenvalue weighted by Crippen LogP contribution is -2.52. The Morgan fingerprint density at radius 2 is 1.95 bits per heavy atom. The van der Waals surface area contributed by atoms with Crippen LogP contribution >= 0.6 is 0 Å². The summed E-state index contributed by atoms with van der Waals surface area (Å²) in [6, 6.07) is 0.142. The lowest BCUT2D eigenvalue weighted by Gasteiger charge is -2.41. The second kappa shape index (κ2) is 7.64. The molecule has 0 N–H and O–H groups in total. The van der Waals surface area contributed by atoms with Crippen LogP contribution in [0.2, 0.25) is 0 Å². The predicted molar refractivity (Wildman–Crippen MR) is 78.0 cm³/mol. The molecule has 0 spiro atoms. The Morgan fingerprint density at radius 3 is 2.38 bits per heavy atom. The maximum atomic E-state index is 12.0. The van der Waals surface area contributed by atoms with Crippen molar-refractivity contribution in [2.24, 2.45) is 5.92 Å². The van der Waals surface area contributed by atoms with Gasteiger partial charge in [0.15, 0.2) is 0 Å². The molecule has 0 saturated carbocycles. The third-order valence-corrected chi connectivity index (χ3v) is 3.52. The van der Waals surface area contributed by atoms with Crippen molar-refractivity contribution in [2.45, 2.75) is 51.7 Å². The van der Waals surface area contributed by atoms with E-state index in [4.69, 9.17) is 14.2 Å². The summed E-state index contributed by atoms with van der Waals surface area (Å²) >= 11 is 0. The molecule has 122 valence electrons. The van der Waals surface area contributed by atoms with Crippen molar-refractivity contribution in [3.8, 4) is 0 Å². The van der Waals surface area contributed by atoms with Crippen LogP contribution < -0.4 is 0 Å². The number of amides is 1. The van der Waals surface area contributed by atoms with Gasteiger partial charge in [0.05, 0.1) is 19.6 Å². The number of methoxy groups -OCH3 is 2. The van der Waals surface area contributed by atoms with Crippen molar-refractivity contribution in [3.05, 3.63) is 0 Å². The van der Waals surface area contributed by atoms with Gasteiger partial charge in [-0.2, -0.15) is 0 Å².